The highest BCUT2D eigenvalue weighted by molar-refractivity contribution is 6.10. The Morgan fingerprint density at radius 1 is 1.53 bits per heavy atom. The van der Waals surface area contributed by atoms with Crippen LogP contribution in [0.3, 0.4) is 0 Å². The molecule has 0 spiro atoms. The fraction of sp³-hybridized carbons (Fsp3) is 0.214. The summed E-state index contributed by atoms with van der Waals surface area (Å²) >= 11 is 0. The van der Waals surface area contributed by atoms with Gasteiger partial charge in [0, 0.05) is 17.3 Å². The lowest BCUT2D eigenvalue weighted by Gasteiger charge is -2.10. The Kier molecular flexibility index (Phi) is 5.78. The number of nitrogens with two attached hydrogens (primary N) is 1. The molecule has 102 valence electrons. The van der Waals surface area contributed by atoms with E-state index in [1.54, 1.807) is 24.3 Å². The van der Waals surface area contributed by atoms with Gasteiger partial charge in [-0.1, -0.05) is 24.8 Å². The van der Waals surface area contributed by atoms with Crippen molar-refractivity contribution >= 4 is 5.78 Å². The van der Waals surface area contributed by atoms with Crippen LogP contribution in [-0.2, 0) is 0 Å². The summed E-state index contributed by atoms with van der Waals surface area (Å²) in [7, 11) is 0. The van der Waals surface area contributed by atoms with E-state index in [-0.39, 0.29) is 19.0 Å². The SMILES string of the molecule is C=C/C(=C/N)C(=O)c1cccc(OCC(O)CO)c1. The molecule has 1 atom stereocenters. The Bertz CT molecular complexity index is 482. The molecule has 5 heteroatoms. The van der Waals surface area contributed by atoms with E-state index in [1.807, 2.05) is 0 Å². The van der Waals surface area contributed by atoms with Crippen molar-refractivity contribution in [1.82, 2.24) is 0 Å². The number of ether oxygens (including phenoxy) is 1. The summed E-state index contributed by atoms with van der Waals surface area (Å²) in [5.41, 5.74) is 6.04. The largest absolute Gasteiger partial charge is 0.491 e. The van der Waals surface area contributed by atoms with Gasteiger partial charge in [-0.2, -0.15) is 0 Å². The van der Waals surface area contributed by atoms with Gasteiger partial charge in [0.1, 0.15) is 18.5 Å². The molecular formula is C14H17NO4. The van der Waals surface area contributed by atoms with Crippen molar-refractivity contribution in [2.75, 3.05) is 13.2 Å². The van der Waals surface area contributed by atoms with E-state index in [1.165, 1.54) is 12.3 Å². The number of hydrogen-bond donors (Lipinski definition) is 3. The predicted octanol–water partition coefficient (Wildman–Crippen LogP) is 0.630. The van der Waals surface area contributed by atoms with Crippen molar-refractivity contribution in [1.29, 1.82) is 0 Å². The maximum Gasteiger partial charge on any atom is 0.194 e. The average Bonchev–Trinajstić information content (AvgIpc) is 2.46. The molecule has 1 unspecified atom stereocenters. The lowest BCUT2D eigenvalue weighted by Crippen LogP contribution is -2.21. The molecule has 1 aromatic rings. The quantitative estimate of drug-likeness (QED) is 0.381. The zero-order valence-corrected chi connectivity index (χ0v) is 10.5. The summed E-state index contributed by atoms with van der Waals surface area (Å²) in [5, 5.41) is 17.9. The molecule has 0 heterocycles. The van der Waals surface area contributed by atoms with Crippen LogP contribution in [0, 0.1) is 0 Å². The maximum absolute atomic E-state index is 12.0. The first-order valence-electron chi connectivity index (χ1n) is 5.73. The predicted molar refractivity (Wildman–Crippen MR) is 71.8 cm³/mol. The number of hydrogen-bond acceptors (Lipinski definition) is 5. The van der Waals surface area contributed by atoms with Crippen LogP contribution in [0.4, 0.5) is 0 Å². The van der Waals surface area contributed by atoms with E-state index in [2.05, 4.69) is 6.58 Å². The Labute approximate surface area is 111 Å². The van der Waals surface area contributed by atoms with Gasteiger partial charge in [-0.3, -0.25) is 4.79 Å². The molecule has 1 aromatic carbocycles. The number of carbonyl (C=O) groups is 1. The number of carbonyl (C=O) groups excluding carboxylic acids is 1. The fourth-order valence-corrected chi connectivity index (χ4v) is 1.38. The van der Waals surface area contributed by atoms with Gasteiger partial charge in [0.2, 0.25) is 0 Å². The summed E-state index contributed by atoms with van der Waals surface area (Å²) < 4.78 is 5.26. The first-order valence-corrected chi connectivity index (χ1v) is 5.73. The third-order valence-electron chi connectivity index (χ3n) is 2.41. The highest BCUT2D eigenvalue weighted by atomic mass is 16.5. The molecule has 0 aliphatic rings. The number of rotatable bonds is 7. The fourth-order valence-electron chi connectivity index (χ4n) is 1.38. The highest BCUT2D eigenvalue weighted by Gasteiger charge is 2.10. The lowest BCUT2D eigenvalue weighted by atomic mass is 10.0. The van der Waals surface area contributed by atoms with Crippen molar-refractivity contribution in [3.63, 3.8) is 0 Å². The molecule has 4 N–H and O–H groups in total. The number of aliphatic hydroxyl groups excluding tert-OH is 2. The van der Waals surface area contributed by atoms with Gasteiger partial charge in [0.05, 0.1) is 6.61 Å². The minimum absolute atomic E-state index is 0.0464. The van der Waals surface area contributed by atoms with Crippen molar-refractivity contribution in [3.8, 4) is 5.75 Å². The van der Waals surface area contributed by atoms with E-state index in [0.717, 1.165) is 0 Å². The molecule has 0 amide bonds. The summed E-state index contributed by atoms with van der Waals surface area (Å²) in [6.07, 6.45) is 1.62. The van der Waals surface area contributed by atoms with E-state index in [9.17, 15) is 9.90 Å². The first kappa shape index (κ1) is 14.9. The number of allylic oxidation sites excluding steroid dienone is 2. The van der Waals surface area contributed by atoms with Crippen molar-refractivity contribution in [2.24, 2.45) is 5.73 Å². The Balaban J connectivity index is 2.82. The van der Waals surface area contributed by atoms with Crippen LogP contribution in [0.1, 0.15) is 10.4 Å². The summed E-state index contributed by atoms with van der Waals surface area (Å²) in [6, 6.07) is 6.48. The summed E-state index contributed by atoms with van der Waals surface area (Å²) in [5.74, 6) is 0.171. The molecule has 0 fully saturated rings. The topological polar surface area (TPSA) is 92.8 Å². The molecule has 0 saturated heterocycles. The number of ketones is 1. The van der Waals surface area contributed by atoms with Gasteiger partial charge in [0.15, 0.2) is 5.78 Å². The maximum atomic E-state index is 12.0. The highest BCUT2D eigenvalue weighted by Crippen LogP contribution is 2.16. The lowest BCUT2D eigenvalue weighted by molar-refractivity contribution is 0.0536. The van der Waals surface area contributed by atoms with Crippen LogP contribution in [0.5, 0.6) is 5.75 Å². The minimum Gasteiger partial charge on any atom is -0.491 e. The molecule has 0 aliphatic heterocycles. The van der Waals surface area contributed by atoms with Crippen LogP contribution >= 0.6 is 0 Å². The van der Waals surface area contributed by atoms with Gasteiger partial charge in [-0.25, -0.2) is 0 Å². The molecule has 5 nitrogen and oxygen atoms in total. The monoisotopic (exact) mass is 263 g/mol. The summed E-state index contributed by atoms with van der Waals surface area (Å²) in [6.45, 7) is 3.08. The van der Waals surface area contributed by atoms with Crippen LogP contribution in [-0.4, -0.2) is 35.3 Å². The second-order valence-electron chi connectivity index (χ2n) is 3.83. The second kappa shape index (κ2) is 7.35. The molecule has 19 heavy (non-hydrogen) atoms. The molecule has 0 aliphatic carbocycles. The zero-order valence-electron chi connectivity index (χ0n) is 10.5. The Morgan fingerprint density at radius 3 is 2.84 bits per heavy atom. The van der Waals surface area contributed by atoms with Crippen LogP contribution in [0.15, 0.2) is 48.7 Å². The smallest absolute Gasteiger partial charge is 0.194 e. The Morgan fingerprint density at radius 2 is 2.26 bits per heavy atom. The third kappa shape index (κ3) is 4.24. The molecule has 0 bridgehead atoms. The zero-order chi connectivity index (χ0) is 14.3. The number of benzene rings is 1. The van der Waals surface area contributed by atoms with Gasteiger partial charge < -0.3 is 20.7 Å². The molecule has 0 saturated carbocycles. The average molecular weight is 263 g/mol. The standard InChI is InChI=1S/C14H17NO4/c1-2-10(7-15)14(18)11-4-3-5-13(6-11)19-9-12(17)8-16/h2-7,12,16-17H,1,8-9,15H2/b10-7-. The number of aliphatic hydroxyl groups is 2. The molecule has 0 aromatic heterocycles. The normalized spacial score (nSPS) is 12.8. The van der Waals surface area contributed by atoms with Gasteiger partial charge >= 0.3 is 0 Å². The van der Waals surface area contributed by atoms with Crippen LogP contribution < -0.4 is 10.5 Å². The van der Waals surface area contributed by atoms with E-state index < -0.39 is 6.10 Å². The first-order chi connectivity index (χ1) is 9.12. The van der Waals surface area contributed by atoms with Crippen molar-refractivity contribution < 1.29 is 19.7 Å². The Hall–Kier alpha value is -2.11. The van der Waals surface area contributed by atoms with Crippen molar-refractivity contribution in [2.45, 2.75) is 6.10 Å². The van der Waals surface area contributed by atoms with E-state index in [4.69, 9.17) is 15.6 Å². The van der Waals surface area contributed by atoms with Crippen LogP contribution in [0.2, 0.25) is 0 Å². The third-order valence-corrected chi connectivity index (χ3v) is 2.41. The summed E-state index contributed by atoms with van der Waals surface area (Å²) in [4.78, 5) is 12.0. The molecule has 1 rings (SSSR count). The second-order valence-corrected chi connectivity index (χ2v) is 3.83. The molecule has 0 radical (unpaired) electrons. The van der Waals surface area contributed by atoms with Gasteiger partial charge in [-0.15, -0.1) is 0 Å². The molecular weight excluding hydrogens is 246 g/mol. The van der Waals surface area contributed by atoms with E-state index >= 15 is 0 Å². The van der Waals surface area contributed by atoms with Gasteiger partial charge in [0.25, 0.3) is 0 Å². The number of Topliss-reactive ketones (excluding diaryl/α,β-unsaturated/α-hetero) is 1. The van der Waals surface area contributed by atoms with Gasteiger partial charge in [-0.05, 0) is 12.1 Å². The van der Waals surface area contributed by atoms with E-state index in [0.29, 0.717) is 16.9 Å². The minimum atomic E-state index is -0.952. The van der Waals surface area contributed by atoms with Crippen molar-refractivity contribution in [3.05, 3.63) is 54.3 Å². The van der Waals surface area contributed by atoms with Crippen LogP contribution in [0.25, 0.3) is 0 Å².